The molecule has 6 heteroatoms. The van der Waals surface area contributed by atoms with Crippen molar-refractivity contribution in [1.82, 2.24) is 0 Å². The number of benzene rings is 2. The molecule has 1 aliphatic heterocycles. The summed E-state index contributed by atoms with van der Waals surface area (Å²) in [6, 6.07) is 6.94. The van der Waals surface area contributed by atoms with Gasteiger partial charge in [0.05, 0.1) is 17.7 Å². The molecule has 0 fully saturated rings. The van der Waals surface area contributed by atoms with Crippen LogP contribution in [0.4, 0.5) is 14.5 Å². The topological polar surface area (TPSA) is 21.3 Å². The van der Waals surface area contributed by atoms with E-state index in [9.17, 15) is 8.78 Å². The van der Waals surface area contributed by atoms with Gasteiger partial charge in [-0.15, -0.1) is 0 Å². The van der Waals surface area contributed by atoms with Crippen LogP contribution in [0.5, 0.6) is 5.75 Å². The fourth-order valence-electron chi connectivity index (χ4n) is 2.36. The van der Waals surface area contributed by atoms with Gasteiger partial charge in [-0.1, -0.05) is 23.2 Å². The highest BCUT2D eigenvalue weighted by Gasteiger charge is 2.24. The first kappa shape index (κ1) is 14.4. The molecular formula is C15H11Cl2F2NO. The third-order valence-electron chi connectivity index (χ3n) is 3.33. The average molecular weight is 330 g/mol. The van der Waals surface area contributed by atoms with Crippen molar-refractivity contribution in [2.75, 3.05) is 11.9 Å². The van der Waals surface area contributed by atoms with E-state index in [1.165, 1.54) is 6.07 Å². The van der Waals surface area contributed by atoms with Crippen LogP contribution >= 0.6 is 23.2 Å². The van der Waals surface area contributed by atoms with Crippen molar-refractivity contribution in [1.29, 1.82) is 0 Å². The summed E-state index contributed by atoms with van der Waals surface area (Å²) >= 11 is 12.1. The van der Waals surface area contributed by atoms with Gasteiger partial charge in [0.25, 0.3) is 0 Å². The maximum atomic E-state index is 13.3. The average Bonchev–Trinajstić information content (AvgIpc) is 2.44. The smallest absolute Gasteiger partial charge is 0.160 e. The fraction of sp³-hybridized carbons (Fsp3) is 0.200. The molecule has 2 aromatic carbocycles. The van der Waals surface area contributed by atoms with Crippen LogP contribution in [0.2, 0.25) is 10.0 Å². The van der Waals surface area contributed by atoms with E-state index in [4.69, 9.17) is 27.9 Å². The van der Waals surface area contributed by atoms with Gasteiger partial charge in [-0.3, -0.25) is 0 Å². The number of hydrogen-bond donors (Lipinski definition) is 1. The van der Waals surface area contributed by atoms with Crippen LogP contribution in [0.15, 0.2) is 30.3 Å². The number of ether oxygens (including phenoxy) is 1. The molecule has 1 aliphatic rings. The molecule has 1 N–H and O–H groups in total. The van der Waals surface area contributed by atoms with Crippen molar-refractivity contribution < 1.29 is 13.5 Å². The molecule has 0 radical (unpaired) electrons. The molecule has 1 unspecified atom stereocenters. The normalized spacial score (nSPS) is 17.0. The molecule has 0 saturated carbocycles. The van der Waals surface area contributed by atoms with Crippen molar-refractivity contribution in [2.45, 2.75) is 12.5 Å². The van der Waals surface area contributed by atoms with Crippen LogP contribution < -0.4 is 10.1 Å². The lowest BCUT2D eigenvalue weighted by atomic mass is 10.00. The van der Waals surface area contributed by atoms with Gasteiger partial charge in [-0.25, -0.2) is 8.78 Å². The van der Waals surface area contributed by atoms with Gasteiger partial charge in [-0.2, -0.15) is 0 Å². The Hall–Kier alpha value is -1.52. The molecule has 21 heavy (non-hydrogen) atoms. The van der Waals surface area contributed by atoms with E-state index >= 15 is 0 Å². The Labute approximate surface area is 130 Å². The molecule has 3 rings (SSSR count). The van der Waals surface area contributed by atoms with Gasteiger partial charge in [0.2, 0.25) is 0 Å². The summed E-state index contributed by atoms with van der Waals surface area (Å²) in [6.07, 6.45) is 0.669. The van der Waals surface area contributed by atoms with Gasteiger partial charge in [0, 0.05) is 28.8 Å². The van der Waals surface area contributed by atoms with Gasteiger partial charge in [0.1, 0.15) is 5.75 Å². The number of hydrogen-bond acceptors (Lipinski definition) is 2. The predicted octanol–water partition coefficient (Wildman–Crippen LogP) is 5.21. The SMILES string of the molecule is Fc1ccc(NC2CCOc3c(Cl)cc(Cl)cc32)cc1F. The molecule has 1 heterocycles. The lowest BCUT2D eigenvalue weighted by Crippen LogP contribution is -2.20. The highest BCUT2D eigenvalue weighted by molar-refractivity contribution is 6.35. The molecule has 2 aromatic rings. The lowest BCUT2D eigenvalue weighted by Gasteiger charge is -2.28. The summed E-state index contributed by atoms with van der Waals surface area (Å²) in [5, 5.41) is 4.10. The van der Waals surface area contributed by atoms with Gasteiger partial charge in [-0.05, 0) is 24.3 Å². The van der Waals surface area contributed by atoms with E-state index < -0.39 is 11.6 Å². The van der Waals surface area contributed by atoms with E-state index in [0.29, 0.717) is 34.5 Å². The first-order valence-electron chi connectivity index (χ1n) is 6.38. The van der Waals surface area contributed by atoms with Crippen LogP contribution in [0.1, 0.15) is 18.0 Å². The van der Waals surface area contributed by atoms with Crippen molar-refractivity contribution in [3.63, 3.8) is 0 Å². The second-order valence-corrected chi connectivity index (χ2v) is 5.61. The lowest BCUT2D eigenvalue weighted by molar-refractivity contribution is 0.274. The van der Waals surface area contributed by atoms with E-state index in [1.807, 2.05) is 0 Å². The Morgan fingerprint density at radius 2 is 1.90 bits per heavy atom. The number of halogens is 4. The molecule has 0 aromatic heterocycles. The van der Waals surface area contributed by atoms with Gasteiger partial charge < -0.3 is 10.1 Å². The Morgan fingerprint density at radius 1 is 1.10 bits per heavy atom. The first-order chi connectivity index (χ1) is 10.0. The largest absolute Gasteiger partial charge is 0.492 e. The number of fused-ring (bicyclic) bond motifs is 1. The summed E-state index contributed by atoms with van der Waals surface area (Å²) < 4.78 is 31.8. The summed E-state index contributed by atoms with van der Waals surface area (Å²) in [7, 11) is 0. The van der Waals surface area contributed by atoms with E-state index in [1.54, 1.807) is 12.1 Å². The summed E-state index contributed by atoms with van der Waals surface area (Å²) in [4.78, 5) is 0. The monoisotopic (exact) mass is 329 g/mol. The first-order valence-corrected chi connectivity index (χ1v) is 7.13. The minimum Gasteiger partial charge on any atom is -0.492 e. The molecule has 0 aliphatic carbocycles. The van der Waals surface area contributed by atoms with Crippen LogP contribution in [-0.2, 0) is 0 Å². The van der Waals surface area contributed by atoms with Gasteiger partial charge >= 0.3 is 0 Å². The molecule has 0 saturated heterocycles. The number of nitrogens with one attached hydrogen (secondary N) is 1. The minimum atomic E-state index is -0.892. The maximum Gasteiger partial charge on any atom is 0.160 e. The second kappa shape index (κ2) is 5.70. The Kier molecular flexibility index (Phi) is 3.91. The zero-order chi connectivity index (χ0) is 15.0. The standard InChI is InChI=1S/C15H11Cl2F2NO/c16-8-5-10-14(3-4-21-15(10)11(17)6-8)20-9-1-2-12(18)13(19)7-9/h1-2,5-7,14,20H,3-4H2. The Bertz CT molecular complexity index is 694. The van der Waals surface area contributed by atoms with E-state index in [0.717, 1.165) is 17.7 Å². The van der Waals surface area contributed by atoms with E-state index in [2.05, 4.69) is 5.32 Å². The molecule has 2 nitrogen and oxygen atoms in total. The molecular weight excluding hydrogens is 319 g/mol. The molecule has 1 atom stereocenters. The third-order valence-corrected chi connectivity index (χ3v) is 3.82. The molecule has 110 valence electrons. The summed E-state index contributed by atoms with van der Waals surface area (Å²) in [6.45, 7) is 0.482. The van der Waals surface area contributed by atoms with Crippen molar-refractivity contribution in [3.8, 4) is 5.75 Å². The Balaban J connectivity index is 1.93. The third kappa shape index (κ3) is 2.92. The summed E-state index contributed by atoms with van der Waals surface area (Å²) in [5.41, 5.74) is 1.30. The minimum absolute atomic E-state index is 0.130. The fourth-order valence-corrected chi connectivity index (χ4v) is 2.93. The van der Waals surface area contributed by atoms with Crippen molar-refractivity contribution in [2.24, 2.45) is 0 Å². The number of rotatable bonds is 2. The predicted molar refractivity (Wildman–Crippen MR) is 79.3 cm³/mol. The Morgan fingerprint density at radius 3 is 2.67 bits per heavy atom. The van der Waals surface area contributed by atoms with Gasteiger partial charge in [0.15, 0.2) is 11.6 Å². The van der Waals surface area contributed by atoms with Crippen LogP contribution in [0, 0.1) is 11.6 Å². The highest BCUT2D eigenvalue weighted by atomic mass is 35.5. The quantitative estimate of drug-likeness (QED) is 0.816. The number of anilines is 1. The molecule has 0 bridgehead atoms. The molecule has 0 amide bonds. The van der Waals surface area contributed by atoms with Crippen molar-refractivity contribution >= 4 is 28.9 Å². The zero-order valence-electron chi connectivity index (χ0n) is 10.8. The maximum absolute atomic E-state index is 13.3. The van der Waals surface area contributed by atoms with E-state index in [-0.39, 0.29) is 6.04 Å². The van der Waals surface area contributed by atoms with Crippen LogP contribution in [-0.4, -0.2) is 6.61 Å². The molecule has 0 spiro atoms. The zero-order valence-corrected chi connectivity index (χ0v) is 12.3. The van der Waals surface area contributed by atoms with Crippen molar-refractivity contribution in [3.05, 3.63) is 57.6 Å². The van der Waals surface area contributed by atoms with Crippen LogP contribution in [0.3, 0.4) is 0 Å². The van der Waals surface area contributed by atoms with Crippen LogP contribution in [0.25, 0.3) is 0 Å². The second-order valence-electron chi connectivity index (χ2n) is 4.77. The summed E-state index contributed by atoms with van der Waals surface area (Å²) in [5.74, 6) is -1.19. The highest BCUT2D eigenvalue weighted by Crippen LogP contribution is 2.41.